The lowest BCUT2D eigenvalue weighted by atomic mass is 10.3. The van der Waals surface area contributed by atoms with Crippen molar-refractivity contribution in [3.05, 3.63) is 24.3 Å². The Bertz CT molecular complexity index is 380. The topological polar surface area (TPSA) is 53.8 Å². The van der Waals surface area contributed by atoms with Gasteiger partial charge in [0.2, 0.25) is 0 Å². The van der Waals surface area contributed by atoms with Gasteiger partial charge in [0.25, 0.3) is 0 Å². The van der Waals surface area contributed by atoms with Crippen LogP contribution in [0.15, 0.2) is 29.3 Å². The summed E-state index contributed by atoms with van der Waals surface area (Å²) in [5, 5.41) is 12.9. The highest BCUT2D eigenvalue weighted by atomic mass is 127. The molecule has 19 heavy (non-hydrogen) atoms. The van der Waals surface area contributed by atoms with Gasteiger partial charge in [-0.25, -0.2) is 0 Å². The first-order valence-corrected chi connectivity index (χ1v) is 7.87. The highest BCUT2D eigenvalue weighted by Crippen LogP contribution is 2.17. The maximum Gasteiger partial charge on any atom is 0.119 e. The van der Waals surface area contributed by atoms with Gasteiger partial charge in [-0.3, -0.25) is 4.99 Å². The van der Waals surface area contributed by atoms with Crippen molar-refractivity contribution in [3.8, 4) is 5.75 Å². The minimum atomic E-state index is -0.501. The highest BCUT2D eigenvalue weighted by Gasteiger charge is 2.05. The van der Waals surface area contributed by atoms with Gasteiger partial charge in [0.1, 0.15) is 18.5 Å². The quantitative estimate of drug-likeness (QED) is 0.417. The minimum absolute atomic E-state index is 0.288. The third-order valence-electron chi connectivity index (χ3n) is 2.35. The van der Waals surface area contributed by atoms with E-state index in [0.29, 0.717) is 12.6 Å². The van der Waals surface area contributed by atoms with Gasteiger partial charge in [-0.2, -0.15) is 0 Å². The largest absolute Gasteiger partial charge is 0.491 e. The van der Waals surface area contributed by atoms with E-state index < -0.39 is 6.10 Å². The van der Waals surface area contributed by atoms with Crippen molar-refractivity contribution in [2.75, 3.05) is 17.6 Å². The predicted octanol–water partition coefficient (Wildman–Crippen LogP) is 2.56. The Morgan fingerprint density at radius 3 is 2.63 bits per heavy atom. The van der Waals surface area contributed by atoms with Gasteiger partial charge >= 0.3 is 0 Å². The summed E-state index contributed by atoms with van der Waals surface area (Å²) < 4.78 is 6.41. The number of aliphatic imine (C=N–C) groups is 1. The van der Waals surface area contributed by atoms with Crippen LogP contribution in [-0.2, 0) is 0 Å². The summed E-state index contributed by atoms with van der Waals surface area (Å²) in [5.41, 5.74) is 0.908. The van der Waals surface area contributed by atoms with Crippen molar-refractivity contribution in [1.82, 2.24) is 5.32 Å². The van der Waals surface area contributed by atoms with E-state index in [2.05, 4.69) is 32.9 Å². The second-order valence-corrected chi connectivity index (χ2v) is 5.37. The van der Waals surface area contributed by atoms with Crippen LogP contribution in [0.25, 0.3) is 0 Å². The number of halogens is 1. The molecule has 0 saturated carbocycles. The molecule has 0 heterocycles. The van der Waals surface area contributed by atoms with Gasteiger partial charge in [-0.15, -0.1) is 0 Å². The Labute approximate surface area is 128 Å². The SMILES string of the molecule is CC(C)NCC(O)COc1ccc(N=CCI)cc1. The second-order valence-electron chi connectivity index (χ2n) is 4.49. The van der Waals surface area contributed by atoms with Crippen LogP contribution in [0.3, 0.4) is 0 Å². The summed E-state index contributed by atoms with van der Waals surface area (Å²) in [7, 11) is 0. The molecule has 5 heteroatoms. The lowest BCUT2D eigenvalue weighted by Crippen LogP contribution is -2.35. The van der Waals surface area contributed by atoms with Crippen LogP contribution in [0.5, 0.6) is 5.75 Å². The first kappa shape index (κ1) is 16.4. The van der Waals surface area contributed by atoms with Gasteiger partial charge in [-0.05, 0) is 24.3 Å². The van der Waals surface area contributed by atoms with Crippen molar-refractivity contribution < 1.29 is 9.84 Å². The minimum Gasteiger partial charge on any atom is -0.491 e. The lowest BCUT2D eigenvalue weighted by Gasteiger charge is -2.15. The van der Waals surface area contributed by atoms with E-state index >= 15 is 0 Å². The molecule has 106 valence electrons. The van der Waals surface area contributed by atoms with Crippen LogP contribution in [-0.4, -0.2) is 41.0 Å². The molecule has 2 N–H and O–H groups in total. The van der Waals surface area contributed by atoms with E-state index in [1.54, 1.807) is 0 Å². The van der Waals surface area contributed by atoms with E-state index in [4.69, 9.17) is 4.74 Å². The summed E-state index contributed by atoms with van der Waals surface area (Å²) in [5.74, 6) is 0.747. The summed E-state index contributed by atoms with van der Waals surface area (Å²) in [4.78, 5) is 4.26. The first-order valence-electron chi connectivity index (χ1n) is 6.34. The zero-order chi connectivity index (χ0) is 14.1. The number of hydrogen-bond acceptors (Lipinski definition) is 4. The molecule has 0 aliphatic rings. The number of nitrogens with one attached hydrogen (secondary N) is 1. The molecule has 0 saturated heterocycles. The number of nitrogens with zero attached hydrogens (tertiary/aromatic N) is 1. The first-order chi connectivity index (χ1) is 9.11. The number of benzene rings is 1. The van der Waals surface area contributed by atoms with Gasteiger partial charge in [0.05, 0.1) is 5.69 Å². The molecule has 1 aromatic rings. The molecular formula is C14H21IN2O2. The van der Waals surface area contributed by atoms with Gasteiger partial charge < -0.3 is 15.2 Å². The normalized spacial score (nSPS) is 13.1. The number of rotatable bonds is 8. The third kappa shape index (κ3) is 7.49. The monoisotopic (exact) mass is 376 g/mol. The van der Waals surface area contributed by atoms with E-state index in [1.165, 1.54) is 0 Å². The molecule has 0 aliphatic heterocycles. The maximum atomic E-state index is 9.72. The number of aliphatic hydroxyl groups excluding tert-OH is 1. The lowest BCUT2D eigenvalue weighted by molar-refractivity contribution is 0.104. The molecule has 0 radical (unpaired) electrons. The molecule has 1 aromatic carbocycles. The Morgan fingerprint density at radius 2 is 2.05 bits per heavy atom. The number of alkyl halides is 1. The highest BCUT2D eigenvalue weighted by molar-refractivity contribution is 14.1. The number of ether oxygens (including phenoxy) is 1. The van der Waals surface area contributed by atoms with Crippen LogP contribution in [0, 0.1) is 0 Å². The fraction of sp³-hybridized carbons (Fsp3) is 0.500. The molecule has 1 rings (SSSR count). The maximum absolute atomic E-state index is 9.72. The Morgan fingerprint density at radius 1 is 1.37 bits per heavy atom. The summed E-state index contributed by atoms with van der Waals surface area (Å²) >= 11 is 2.25. The van der Waals surface area contributed by atoms with Crippen LogP contribution in [0.2, 0.25) is 0 Å². The number of hydrogen-bond donors (Lipinski definition) is 2. The van der Waals surface area contributed by atoms with E-state index in [0.717, 1.165) is 15.9 Å². The van der Waals surface area contributed by atoms with Crippen LogP contribution < -0.4 is 10.1 Å². The van der Waals surface area contributed by atoms with Crippen LogP contribution in [0.4, 0.5) is 5.69 Å². The second kappa shape index (κ2) is 9.28. The molecule has 4 nitrogen and oxygen atoms in total. The Balaban J connectivity index is 2.35. The summed E-state index contributed by atoms with van der Waals surface area (Å²) in [6.45, 7) is 4.91. The molecule has 0 bridgehead atoms. The average molecular weight is 376 g/mol. The molecular weight excluding hydrogens is 355 g/mol. The van der Waals surface area contributed by atoms with Crippen molar-refractivity contribution in [3.63, 3.8) is 0 Å². The van der Waals surface area contributed by atoms with Crippen molar-refractivity contribution >= 4 is 34.5 Å². The number of aliphatic hydroxyl groups is 1. The third-order valence-corrected chi connectivity index (χ3v) is 2.74. The molecule has 1 atom stereocenters. The van der Waals surface area contributed by atoms with Crippen molar-refractivity contribution in [1.29, 1.82) is 0 Å². The van der Waals surface area contributed by atoms with E-state index in [1.807, 2.05) is 44.3 Å². The molecule has 0 amide bonds. The van der Waals surface area contributed by atoms with Crippen molar-refractivity contribution in [2.24, 2.45) is 4.99 Å². The predicted molar refractivity (Wildman–Crippen MR) is 88.1 cm³/mol. The van der Waals surface area contributed by atoms with Crippen molar-refractivity contribution in [2.45, 2.75) is 26.0 Å². The zero-order valence-electron chi connectivity index (χ0n) is 11.3. The van der Waals surface area contributed by atoms with Crippen LogP contribution in [0.1, 0.15) is 13.8 Å². The smallest absolute Gasteiger partial charge is 0.119 e. The summed E-state index contributed by atoms with van der Waals surface area (Å²) in [6, 6.07) is 7.89. The molecule has 0 aliphatic carbocycles. The summed E-state index contributed by atoms with van der Waals surface area (Å²) in [6.07, 6.45) is 1.36. The molecule has 0 fully saturated rings. The van der Waals surface area contributed by atoms with E-state index in [-0.39, 0.29) is 6.61 Å². The van der Waals surface area contributed by atoms with Gasteiger partial charge in [0.15, 0.2) is 0 Å². The van der Waals surface area contributed by atoms with E-state index in [9.17, 15) is 5.11 Å². The molecule has 0 aromatic heterocycles. The Kier molecular flexibility index (Phi) is 8.00. The zero-order valence-corrected chi connectivity index (χ0v) is 13.5. The average Bonchev–Trinajstić information content (AvgIpc) is 2.41. The Hall–Kier alpha value is -0.660. The molecule has 0 spiro atoms. The molecule has 1 unspecified atom stereocenters. The van der Waals surface area contributed by atoms with Gasteiger partial charge in [-0.1, -0.05) is 36.4 Å². The van der Waals surface area contributed by atoms with Gasteiger partial charge in [0, 0.05) is 23.2 Å². The fourth-order valence-electron chi connectivity index (χ4n) is 1.39. The fourth-order valence-corrected chi connectivity index (χ4v) is 1.59. The standard InChI is InChI=1S/C14H21IN2O2/c1-11(2)17-9-13(18)10-19-14-5-3-12(4-6-14)16-8-7-15/h3-6,8,11,13,17-18H,7,9-10H2,1-2H3. The van der Waals surface area contributed by atoms with Crippen LogP contribution >= 0.6 is 22.6 Å².